The first kappa shape index (κ1) is 9.12. The monoisotopic (exact) mass is 186 g/mol. The quantitative estimate of drug-likeness (QED) is 0.598. The van der Waals surface area contributed by atoms with Gasteiger partial charge in [0, 0.05) is 26.4 Å². The highest BCUT2D eigenvalue weighted by Gasteiger charge is 2.44. The zero-order valence-electron chi connectivity index (χ0n) is 7.75. The summed E-state index contributed by atoms with van der Waals surface area (Å²) in [7, 11) is 1.55. The van der Waals surface area contributed by atoms with E-state index in [0.29, 0.717) is 32.5 Å². The number of methoxy groups -OCH3 is 1. The maximum Gasteiger partial charge on any atom is 0.171 e. The number of carbonyl (C=O) groups excluding carboxylic acids is 1. The molecule has 2 rings (SSSR count). The Morgan fingerprint density at radius 3 is 2.77 bits per heavy atom. The molecule has 0 N–H and O–H groups in total. The molecule has 0 unspecified atom stereocenters. The Morgan fingerprint density at radius 1 is 1.46 bits per heavy atom. The van der Waals surface area contributed by atoms with Crippen molar-refractivity contribution in [1.29, 1.82) is 0 Å². The summed E-state index contributed by atoms with van der Waals surface area (Å²) in [6.07, 6.45) is 1.37. The van der Waals surface area contributed by atoms with Gasteiger partial charge in [-0.25, -0.2) is 0 Å². The Morgan fingerprint density at radius 2 is 2.15 bits per heavy atom. The highest BCUT2D eigenvalue weighted by molar-refractivity contribution is 5.84. The maximum atomic E-state index is 11.3. The van der Waals surface area contributed by atoms with Crippen LogP contribution in [-0.2, 0) is 19.0 Å². The molecule has 2 fully saturated rings. The summed E-state index contributed by atoms with van der Waals surface area (Å²) >= 11 is 0. The van der Waals surface area contributed by atoms with Crippen molar-refractivity contribution in [2.24, 2.45) is 0 Å². The molecule has 1 heterocycles. The van der Waals surface area contributed by atoms with Crippen LogP contribution in [0.5, 0.6) is 0 Å². The predicted molar refractivity (Wildman–Crippen MR) is 44.3 cm³/mol. The topological polar surface area (TPSA) is 44.8 Å². The van der Waals surface area contributed by atoms with Gasteiger partial charge in [-0.15, -0.1) is 0 Å². The molecule has 1 atom stereocenters. The molecule has 1 aliphatic heterocycles. The normalized spacial score (nSPS) is 32.7. The van der Waals surface area contributed by atoms with E-state index in [0.717, 1.165) is 0 Å². The van der Waals surface area contributed by atoms with Crippen molar-refractivity contribution < 1.29 is 19.0 Å². The molecule has 4 nitrogen and oxygen atoms in total. The molecule has 1 aliphatic carbocycles. The lowest BCUT2D eigenvalue weighted by atomic mass is 9.90. The third kappa shape index (κ3) is 1.61. The molecule has 0 bridgehead atoms. The van der Waals surface area contributed by atoms with Crippen LogP contribution in [0.15, 0.2) is 0 Å². The Labute approximate surface area is 77.1 Å². The van der Waals surface area contributed by atoms with Crippen LogP contribution in [0.3, 0.4) is 0 Å². The average Bonchev–Trinajstić information content (AvgIpc) is 2.59. The van der Waals surface area contributed by atoms with Gasteiger partial charge in [0.1, 0.15) is 6.10 Å². The van der Waals surface area contributed by atoms with Gasteiger partial charge in [0.25, 0.3) is 0 Å². The first-order valence-electron chi connectivity index (χ1n) is 4.59. The highest BCUT2D eigenvalue weighted by Crippen LogP contribution is 2.35. The van der Waals surface area contributed by atoms with E-state index in [2.05, 4.69) is 0 Å². The molecule has 0 aromatic carbocycles. The number of rotatable bonds is 1. The summed E-state index contributed by atoms with van der Waals surface area (Å²) in [5.74, 6) is -0.360. The summed E-state index contributed by atoms with van der Waals surface area (Å²) in [6.45, 7) is 1.26. The fraction of sp³-hybridized carbons (Fsp3) is 0.889. The summed E-state index contributed by atoms with van der Waals surface area (Å²) < 4.78 is 16.1. The number of ether oxygens (including phenoxy) is 3. The van der Waals surface area contributed by atoms with E-state index < -0.39 is 5.79 Å². The number of carbonyl (C=O) groups is 1. The standard InChI is InChI=1S/C9H14O4/c1-11-8-6-9(3-2-7(8)10)12-4-5-13-9/h8H,2-6H2,1H3/t8-/m1/s1. The molecule has 0 radical (unpaired) electrons. The van der Waals surface area contributed by atoms with Crippen LogP contribution in [0, 0.1) is 0 Å². The molecule has 4 heteroatoms. The molecule has 0 aromatic heterocycles. The smallest absolute Gasteiger partial charge is 0.171 e. The van der Waals surface area contributed by atoms with E-state index in [1.54, 1.807) is 7.11 Å². The van der Waals surface area contributed by atoms with Crippen LogP contribution in [0.2, 0.25) is 0 Å². The van der Waals surface area contributed by atoms with Crippen LogP contribution in [0.25, 0.3) is 0 Å². The van der Waals surface area contributed by atoms with Crippen LogP contribution < -0.4 is 0 Å². The van der Waals surface area contributed by atoms with Crippen LogP contribution in [0.4, 0.5) is 0 Å². The molecule has 1 spiro atoms. The fourth-order valence-corrected chi connectivity index (χ4v) is 1.95. The van der Waals surface area contributed by atoms with E-state index in [1.807, 2.05) is 0 Å². The number of hydrogen-bond donors (Lipinski definition) is 0. The minimum absolute atomic E-state index is 0.159. The van der Waals surface area contributed by atoms with Crippen molar-refractivity contribution >= 4 is 5.78 Å². The third-order valence-corrected chi connectivity index (χ3v) is 2.71. The van der Waals surface area contributed by atoms with Gasteiger partial charge in [0.05, 0.1) is 13.2 Å². The van der Waals surface area contributed by atoms with Crippen molar-refractivity contribution in [2.75, 3.05) is 20.3 Å². The van der Waals surface area contributed by atoms with Crippen molar-refractivity contribution in [3.8, 4) is 0 Å². The fourth-order valence-electron chi connectivity index (χ4n) is 1.95. The van der Waals surface area contributed by atoms with Gasteiger partial charge in [0.2, 0.25) is 0 Å². The SMILES string of the molecule is CO[C@@H]1CC2(CCC1=O)OCCO2. The Hall–Kier alpha value is -0.450. The lowest BCUT2D eigenvalue weighted by molar-refractivity contribution is -0.199. The zero-order valence-corrected chi connectivity index (χ0v) is 7.75. The highest BCUT2D eigenvalue weighted by atomic mass is 16.7. The van der Waals surface area contributed by atoms with Crippen molar-refractivity contribution in [2.45, 2.75) is 31.2 Å². The summed E-state index contributed by atoms with van der Waals surface area (Å²) in [6, 6.07) is 0. The largest absolute Gasteiger partial charge is 0.373 e. The lowest BCUT2D eigenvalue weighted by Crippen LogP contribution is -2.44. The van der Waals surface area contributed by atoms with Crippen LogP contribution >= 0.6 is 0 Å². The van der Waals surface area contributed by atoms with Gasteiger partial charge < -0.3 is 14.2 Å². The van der Waals surface area contributed by atoms with Gasteiger partial charge >= 0.3 is 0 Å². The van der Waals surface area contributed by atoms with Crippen molar-refractivity contribution in [3.63, 3.8) is 0 Å². The van der Waals surface area contributed by atoms with E-state index in [-0.39, 0.29) is 11.9 Å². The zero-order chi connectivity index (χ0) is 9.31. The van der Waals surface area contributed by atoms with E-state index in [4.69, 9.17) is 14.2 Å². The van der Waals surface area contributed by atoms with E-state index in [1.165, 1.54) is 0 Å². The van der Waals surface area contributed by atoms with Crippen molar-refractivity contribution in [1.82, 2.24) is 0 Å². The summed E-state index contributed by atoms with van der Waals surface area (Å²) in [5.41, 5.74) is 0. The van der Waals surface area contributed by atoms with Gasteiger partial charge in [-0.3, -0.25) is 4.79 Å². The molecule has 0 amide bonds. The molecular weight excluding hydrogens is 172 g/mol. The Kier molecular flexibility index (Phi) is 2.36. The second-order valence-corrected chi connectivity index (χ2v) is 3.50. The van der Waals surface area contributed by atoms with E-state index >= 15 is 0 Å². The second kappa shape index (κ2) is 3.36. The van der Waals surface area contributed by atoms with Crippen molar-refractivity contribution in [3.05, 3.63) is 0 Å². The maximum absolute atomic E-state index is 11.3. The van der Waals surface area contributed by atoms with Gasteiger partial charge in [-0.2, -0.15) is 0 Å². The van der Waals surface area contributed by atoms with Gasteiger partial charge in [-0.1, -0.05) is 0 Å². The van der Waals surface area contributed by atoms with Gasteiger partial charge in [-0.05, 0) is 0 Å². The first-order valence-corrected chi connectivity index (χ1v) is 4.59. The first-order chi connectivity index (χ1) is 6.26. The molecule has 0 aromatic rings. The Balaban J connectivity index is 2.05. The predicted octanol–water partition coefficient (Wildman–Crippen LogP) is 0.497. The van der Waals surface area contributed by atoms with Crippen LogP contribution in [0.1, 0.15) is 19.3 Å². The molecule has 2 aliphatic rings. The third-order valence-electron chi connectivity index (χ3n) is 2.71. The van der Waals surface area contributed by atoms with Gasteiger partial charge in [0.15, 0.2) is 11.6 Å². The summed E-state index contributed by atoms with van der Waals surface area (Å²) in [4.78, 5) is 11.3. The molecule has 1 saturated carbocycles. The summed E-state index contributed by atoms with van der Waals surface area (Å²) in [5, 5.41) is 0. The number of Topliss-reactive ketones (excluding diaryl/α,β-unsaturated/α-hetero) is 1. The lowest BCUT2D eigenvalue weighted by Gasteiger charge is -2.34. The molecule has 13 heavy (non-hydrogen) atoms. The number of ketones is 1. The molecule has 74 valence electrons. The average molecular weight is 186 g/mol. The van der Waals surface area contributed by atoms with E-state index in [9.17, 15) is 4.79 Å². The number of hydrogen-bond acceptors (Lipinski definition) is 4. The Bertz CT molecular complexity index is 208. The second-order valence-electron chi connectivity index (χ2n) is 3.50. The minimum Gasteiger partial charge on any atom is -0.373 e. The minimum atomic E-state index is -0.519. The molecule has 1 saturated heterocycles. The molecular formula is C9H14O4. The van der Waals surface area contributed by atoms with Crippen LogP contribution in [-0.4, -0.2) is 38.0 Å².